The fourth-order valence-corrected chi connectivity index (χ4v) is 1.71. The number of primary amides is 1. The molecule has 0 aliphatic heterocycles. The number of carbonyl (C=O) groups is 1. The third-order valence-electron chi connectivity index (χ3n) is 2.63. The molecule has 86 valence electrons. The van der Waals surface area contributed by atoms with E-state index in [2.05, 4.69) is 4.98 Å². The highest BCUT2D eigenvalue weighted by molar-refractivity contribution is 5.98. The Morgan fingerprint density at radius 2 is 1.88 bits per heavy atom. The molecular weight excluding hydrogens is 212 g/mol. The first-order chi connectivity index (χ1) is 8.22. The van der Waals surface area contributed by atoms with Crippen LogP contribution in [0.5, 0.6) is 0 Å². The third-order valence-corrected chi connectivity index (χ3v) is 2.63. The number of hydrogen-bond donors (Lipinski definition) is 1. The maximum absolute atomic E-state index is 11.4. The molecule has 1 aromatic heterocycles. The van der Waals surface area contributed by atoms with Crippen LogP contribution in [0.1, 0.15) is 23.0 Å². The Labute approximate surface area is 100 Å². The number of hydrogen-bond acceptors (Lipinski definition) is 2. The number of nitrogens with two attached hydrogens (primary N) is 1. The van der Waals surface area contributed by atoms with E-state index in [0.29, 0.717) is 11.3 Å². The van der Waals surface area contributed by atoms with Gasteiger partial charge < -0.3 is 5.73 Å². The highest BCUT2D eigenvalue weighted by atomic mass is 16.1. The molecular formula is C14H14N2O. The van der Waals surface area contributed by atoms with Gasteiger partial charge in [-0.15, -0.1) is 0 Å². The van der Waals surface area contributed by atoms with Crippen molar-refractivity contribution in [3.05, 3.63) is 53.7 Å². The molecule has 0 bridgehead atoms. The Hall–Kier alpha value is -2.16. The van der Waals surface area contributed by atoms with E-state index >= 15 is 0 Å². The first-order valence-electron chi connectivity index (χ1n) is 5.57. The summed E-state index contributed by atoms with van der Waals surface area (Å²) >= 11 is 0. The summed E-state index contributed by atoms with van der Waals surface area (Å²) in [5, 5.41) is 0. The average Bonchev–Trinajstić information content (AvgIpc) is 2.39. The number of amides is 1. The fourth-order valence-electron chi connectivity index (χ4n) is 1.71. The molecule has 0 radical (unpaired) electrons. The van der Waals surface area contributed by atoms with Crippen LogP contribution < -0.4 is 5.73 Å². The minimum atomic E-state index is -0.445. The Morgan fingerprint density at radius 3 is 2.47 bits per heavy atom. The Morgan fingerprint density at radius 1 is 1.18 bits per heavy atom. The quantitative estimate of drug-likeness (QED) is 0.873. The number of rotatable bonds is 3. The van der Waals surface area contributed by atoms with Crippen LogP contribution in [0.15, 0.2) is 42.5 Å². The van der Waals surface area contributed by atoms with Gasteiger partial charge in [0.15, 0.2) is 0 Å². The normalized spacial score (nSPS) is 10.2. The first-order valence-corrected chi connectivity index (χ1v) is 5.57. The van der Waals surface area contributed by atoms with Crippen LogP contribution in [0, 0.1) is 0 Å². The predicted octanol–water partition coefficient (Wildman–Crippen LogP) is 2.41. The van der Waals surface area contributed by atoms with Gasteiger partial charge in [0.05, 0.1) is 11.3 Å². The van der Waals surface area contributed by atoms with Gasteiger partial charge >= 0.3 is 0 Å². The van der Waals surface area contributed by atoms with Crippen LogP contribution >= 0.6 is 0 Å². The number of benzene rings is 1. The Balaban J connectivity index is 2.61. The van der Waals surface area contributed by atoms with Gasteiger partial charge in [0.2, 0.25) is 0 Å². The summed E-state index contributed by atoms with van der Waals surface area (Å²) in [6.45, 7) is 2.03. The highest BCUT2D eigenvalue weighted by Crippen LogP contribution is 2.21. The fraction of sp³-hybridized carbons (Fsp3) is 0.143. The lowest BCUT2D eigenvalue weighted by atomic mass is 10.0. The summed E-state index contributed by atoms with van der Waals surface area (Å²) in [4.78, 5) is 15.9. The van der Waals surface area contributed by atoms with Crippen LogP contribution in [0.4, 0.5) is 0 Å². The largest absolute Gasteiger partial charge is 0.366 e. The SMILES string of the molecule is CCc1ccc(C(N)=O)c(-c2ccccc2)n1. The summed E-state index contributed by atoms with van der Waals surface area (Å²) in [7, 11) is 0. The van der Waals surface area contributed by atoms with Crippen molar-refractivity contribution in [2.45, 2.75) is 13.3 Å². The van der Waals surface area contributed by atoms with Crippen LogP contribution in [-0.4, -0.2) is 10.9 Å². The van der Waals surface area contributed by atoms with E-state index in [1.165, 1.54) is 0 Å². The molecule has 0 aliphatic rings. The smallest absolute Gasteiger partial charge is 0.250 e. The van der Waals surface area contributed by atoms with Crippen LogP contribution in [-0.2, 0) is 6.42 Å². The third kappa shape index (κ3) is 2.33. The molecule has 0 fully saturated rings. The second-order valence-corrected chi connectivity index (χ2v) is 3.78. The summed E-state index contributed by atoms with van der Waals surface area (Å²) in [6.07, 6.45) is 0.832. The summed E-state index contributed by atoms with van der Waals surface area (Å²) in [6, 6.07) is 13.2. The van der Waals surface area contributed by atoms with Crippen LogP contribution in [0.25, 0.3) is 11.3 Å². The van der Waals surface area contributed by atoms with Crippen LogP contribution in [0.2, 0.25) is 0 Å². The van der Waals surface area contributed by atoms with Crippen molar-refractivity contribution in [2.24, 2.45) is 5.73 Å². The van der Waals surface area contributed by atoms with Crippen molar-refractivity contribution < 1.29 is 4.79 Å². The standard InChI is InChI=1S/C14H14N2O/c1-2-11-8-9-12(14(15)17)13(16-11)10-6-4-3-5-7-10/h3-9H,2H2,1H3,(H2,15,17). The van der Waals surface area contributed by atoms with Gasteiger partial charge in [-0.05, 0) is 18.6 Å². The highest BCUT2D eigenvalue weighted by Gasteiger charge is 2.11. The van der Waals surface area contributed by atoms with E-state index in [1.807, 2.05) is 43.3 Å². The predicted molar refractivity (Wildman–Crippen MR) is 67.6 cm³/mol. The van der Waals surface area contributed by atoms with Gasteiger partial charge in [0.1, 0.15) is 0 Å². The number of aryl methyl sites for hydroxylation is 1. The molecule has 3 nitrogen and oxygen atoms in total. The van der Waals surface area contributed by atoms with E-state index in [4.69, 9.17) is 5.73 Å². The van der Waals surface area contributed by atoms with Gasteiger partial charge in [-0.2, -0.15) is 0 Å². The maximum Gasteiger partial charge on any atom is 0.250 e. The number of nitrogens with zero attached hydrogens (tertiary/aromatic N) is 1. The summed E-state index contributed by atoms with van der Waals surface area (Å²) in [5.41, 5.74) is 8.36. The second-order valence-electron chi connectivity index (χ2n) is 3.78. The van der Waals surface area contributed by atoms with E-state index in [0.717, 1.165) is 17.7 Å². The Bertz CT molecular complexity index is 535. The summed E-state index contributed by atoms with van der Waals surface area (Å²) < 4.78 is 0. The van der Waals surface area contributed by atoms with E-state index in [9.17, 15) is 4.79 Å². The van der Waals surface area contributed by atoms with Gasteiger partial charge in [-0.25, -0.2) is 0 Å². The monoisotopic (exact) mass is 226 g/mol. The molecule has 3 heteroatoms. The molecule has 0 saturated heterocycles. The van der Waals surface area contributed by atoms with Crippen LogP contribution in [0.3, 0.4) is 0 Å². The number of aromatic nitrogens is 1. The molecule has 2 rings (SSSR count). The molecule has 1 heterocycles. The van der Waals surface area contributed by atoms with E-state index in [1.54, 1.807) is 6.07 Å². The Kier molecular flexibility index (Phi) is 3.19. The molecule has 1 aromatic carbocycles. The molecule has 0 spiro atoms. The van der Waals surface area contributed by atoms with E-state index in [-0.39, 0.29) is 0 Å². The van der Waals surface area contributed by atoms with Crippen molar-refractivity contribution in [3.8, 4) is 11.3 Å². The molecule has 17 heavy (non-hydrogen) atoms. The topological polar surface area (TPSA) is 56.0 Å². The lowest BCUT2D eigenvalue weighted by Gasteiger charge is -2.07. The van der Waals surface area contributed by atoms with Gasteiger partial charge in [0, 0.05) is 11.3 Å². The summed E-state index contributed by atoms with van der Waals surface area (Å²) in [5.74, 6) is -0.445. The average molecular weight is 226 g/mol. The van der Waals surface area contributed by atoms with Crippen molar-refractivity contribution in [1.82, 2.24) is 4.98 Å². The number of carbonyl (C=O) groups excluding carboxylic acids is 1. The van der Waals surface area contributed by atoms with Gasteiger partial charge in [-0.1, -0.05) is 37.3 Å². The zero-order valence-electron chi connectivity index (χ0n) is 9.68. The molecule has 2 N–H and O–H groups in total. The zero-order chi connectivity index (χ0) is 12.3. The zero-order valence-corrected chi connectivity index (χ0v) is 9.68. The van der Waals surface area contributed by atoms with Crippen molar-refractivity contribution in [2.75, 3.05) is 0 Å². The molecule has 1 amide bonds. The van der Waals surface area contributed by atoms with Gasteiger partial charge in [0.25, 0.3) is 5.91 Å². The minimum Gasteiger partial charge on any atom is -0.366 e. The molecule has 0 unspecified atom stereocenters. The second kappa shape index (κ2) is 4.78. The van der Waals surface area contributed by atoms with Crippen molar-refractivity contribution in [1.29, 1.82) is 0 Å². The maximum atomic E-state index is 11.4. The molecule has 0 saturated carbocycles. The van der Waals surface area contributed by atoms with Gasteiger partial charge in [-0.3, -0.25) is 9.78 Å². The first kappa shape index (κ1) is 11.3. The number of pyridine rings is 1. The lowest BCUT2D eigenvalue weighted by molar-refractivity contribution is 0.100. The molecule has 0 aliphatic carbocycles. The van der Waals surface area contributed by atoms with Crippen molar-refractivity contribution >= 4 is 5.91 Å². The van der Waals surface area contributed by atoms with Crippen molar-refractivity contribution in [3.63, 3.8) is 0 Å². The molecule has 2 aromatic rings. The van der Waals surface area contributed by atoms with E-state index < -0.39 is 5.91 Å². The minimum absolute atomic E-state index is 0.445. The lowest BCUT2D eigenvalue weighted by Crippen LogP contribution is -2.13. The molecule has 0 atom stereocenters.